The molecule has 0 saturated heterocycles. The lowest BCUT2D eigenvalue weighted by Gasteiger charge is -1.97. The lowest BCUT2D eigenvalue weighted by molar-refractivity contribution is 0.0605. The highest BCUT2D eigenvalue weighted by Crippen LogP contribution is 2.30. The third-order valence-corrected chi connectivity index (χ3v) is 4.80. The summed E-state index contributed by atoms with van der Waals surface area (Å²) in [5.74, 6) is -0.486. The van der Waals surface area contributed by atoms with Gasteiger partial charge in [-0.1, -0.05) is 0 Å². The van der Waals surface area contributed by atoms with Gasteiger partial charge in [0, 0.05) is 24.8 Å². The number of ketones is 1. The second-order valence-electron chi connectivity index (χ2n) is 5.27. The van der Waals surface area contributed by atoms with Crippen molar-refractivity contribution < 1.29 is 14.3 Å². The lowest BCUT2D eigenvalue weighted by Crippen LogP contribution is -1.99. The van der Waals surface area contributed by atoms with E-state index in [1.165, 1.54) is 30.7 Å². The predicted octanol–water partition coefficient (Wildman–Crippen LogP) is 3.02. The Hall–Kier alpha value is -2.80. The fraction of sp³-hybridized carbons (Fsp3) is 0.176. The average Bonchev–Trinajstić information content (AvgIpc) is 3.16. The fourth-order valence-electron chi connectivity index (χ4n) is 2.31. The van der Waals surface area contributed by atoms with Crippen LogP contribution >= 0.6 is 11.3 Å². The largest absolute Gasteiger partial charge is 0.465 e. The summed E-state index contributed by atoms with van der Waals surface area (Å²) in [6.45, 7) is 1.86. The number of carbonyl (C=O) groups is 2. The highest BCUT2D eigenvalue weighted by atomic mass is 32.1. The number of methoxy groups -OCH3 is 1. The minimum absolute atomic E-state index is 0.125. The van der Waals surface area contributed by atoms with Gasteiger partial charge in [0.15, 0.2) is 5.78 Å². The molecule has 0 atom stereocenters. The summed E-state index contributed by atoms with van der Waals surface area (Å²) in [5, 5.41) is 4.87. The van der Waals surface area contributed by atoms with Crippen molar-refractivity contribution in [1.29, 1.82) is 0 Å². The van der Waals surface area contributed by atoms with Gasteiger partial charge in [-0.15, -0.1) is 11.3 Å². The molecule has 0 spiro atoms. The summed E-state index contributed by atoms with van der Waals surface area (Å²) >= 11 is 1.30. The third kappa shape index (κ3) is 2.98. The first-order chi connectivity index (χ1) is 11.5. The zero-order valence-electron chi connectivity index (χ0n) is 13.4. The van der Waals surface area contributed by atoms with Crippen LogP contribution < -0.4 is 0 Å². The van der Waals surface area contributed by atoms with Gasteiger partial charge < -0.3 is 4.74 Å². The number of esters is 1. The van der Waals surface area contributed by atoms with Gasteiger partial charge in [-0.25, -0.2) is 9.78 Å². The molecular formula is C17H15N3O3S. The van der Waals surface area contributed by atoms with E-state index in [1.807, 2.05) is 13.0 Å². The number of rotatable bonds is 4. The van der Waals surface area contributed by atoms with Crippen molar-refractivity contribution >= 4 is 39.4 Å². The van der Waals surface area contributed by atoms with Gasteiger partial charge in [-0.05, 0) is 36.3 Å². The monoisotopic (exact) mass is 341 g/mol. The highest BCUT2D eigenvalue weighted by Gasteiger charge is 2.16. The Morgan fingerprint density at radius 2 is 2.12 bits per heavy atom. The Balaban J connectivity index is 1.90. The van der Waals surface area contributed by atoms with E-state index in [4.69, 9.17) is 4.74 Å². The average molecular weight is 341 g/mol. The normalized spacial score (nSPS) is 11.3. The summed E-state index contributed by atoms with van der Waals surface area (Å²) in [5.41, 5.74) is 2.16. The number of aryl methyl sites for hydroxylation is 2. The minimum atomic E-state index is -0.362. The smallest absolute Gasteiger partial charge is 0.348 e. The van der Waals surface area contributed by atoms with Crippen LogP contribution in [0.3, 0.4) is 0 Å². The van der Waals surface area contributed by atoms with Gasteiger partial charge in [0.2, 0.25) is 0 Å². The van der Waals surface area contributed by atoms with Crippen molar-refractivity contribution in [3.63, 3.8) is 0 Å². The number of carbonyl (C=O) groups excluding carboxylic acids is 2. The number of hydrogen-bond acceptors (Lipinski definition) is 6. The Morgan fingerprint density at radius 3 is 2.79 bits per heavy atom. The van der Waals surface area contributed by atoms with Crippen LogP contribution in [0.2, 0.25) is 0 Å². The minimum Gasteiger partial charge on any atom is -0.465 e. The number of allylic oxidation sites excluding steroid dienone is 1. The molecule has 0 aliphatic rings. The molecule has 0 aliphatic carbocycles. The van der Waals surface area contributed by atoms with Crippen LogP contribution in [-0.4, -0.2) is 33.6 Å². The van der Waals surface area contributed by atoms with Gasteiger partial charge in [0.1, 0.15) is 9.71 Å². The van der Waals surface area contributed by atoms with Crippen molar-refractivity contribution in [1.82, 2.24) is 14.8 Å². The van der Waals surface area contributed by atoms with Crippen LogP contribution in [0.5, 0.6) is 0 Å². The molecule has 0 saturated carbocycles. The van der Waals surface area contributed by atoms with Crippen molar-refractivity contribution in [3.8, 4) is 0 Å². The van der Waals surface area contributed by atoms with Gasteiger partial charge >= 0.3 is 5.97 Å². The summed E-state index contributed by atoms with van der Waals surface area (Å²) in [7, 11) is 3.12. The van der Waals surface area contributed by atoms with Crippen LogP contribution in [0.1, 0.15) is 31.2 Å². The Bertz CT molecular complexity index is 969. The molecule has 0 aromatic carbocycles. The molecule has 3 aromatic heterocycles. The second kappa shape index (κ2) is 6.37. The zero-order chi connectivity index (χ0) is 17.3. The van der Waals surface area contributed by atoms with E-state index in [0.29, 0.717) is 10.4 Å². The molecule has 6 nitrogen and oxygen atoms in total. The molecule has 0 fully saturated rings. The van der Waals surface area contributed by atoms with Crippen molar-refractivity contribution in [2.75, 3.05) is 7.11 Å². The summed E-state index contributed by atoms with van der Waals surface area (Å²) in [4.78, 5) is 29.5. The van der Waals surface area contributed by atoms with Crippen molar-refractivity contribution in [3.05, 3.63) is 52.3 Å². The lowest BCUT2D eigenvalue weighted by atomic mass is 10.1. The SMILES string of the molecule is COC(=O)c1sc2ncc(/C=C\C(=O)c3cnn(C)c3)cc2c1C. The van der Waals surface area contributed by atoms with Crippen LogP contribution in [0, 0.1) is 6.92 Å². The molecule has 0 bridgehead atoms. The summed E-state index contributed by atoms with van der Waals surface area (Å²) in [6.07, 6.45) is 8.06. The molecule has 122 valence electrons. The maximum absolute atomic E-state index is 12.1. The second-order valence-corrected chi connectivity index (χ2v) is 6.27. The quantitative estimate of drug-likeness (QED) is 0.414. The first-order valence-electron chi connectivity index (χ1n) is 7.18. The van der Waals surface area contributed by atoms with E-state index in [9.17, 15) is 9.59 Å². The van der Waals surface area contributed by atoms with Crippen molar-refractivity contribution in [2.45, 2.75) is 6.92 Å². The number of nitrogens with zero attached hydrogens (tertiary/aromatic N) is 3. The highest BCUT2D eigenvalue weighted by molar-refractivity contribution is 7.20. The number of thiophene rings is 1. The van der Waals surface area contributed by atoms with Crippen LogP contribution in [0.4, 0.5) is 0 Å². The molecule has 7 heteroatoms. The third-order valence-electron chi connectivity index (χ3n) is 3.60. The van der Waals surface area contributed by atoms with Crippen LogP contribution in [-0.2, 0) is 11.8 Å². The maximum atomic E-state index is 12.1. The Labute approximate surface area is 142 Å². The van der Waals surface area contributed by atoms with E-state index in [1.54, 1.807) is 30.2 Å². The molecule has 0 radical (unpaired) electrons. The molecule has 3 aromatic rings. The van der Waals surface area contributed by atoms with E-state index >= 15 is 0 Å². The van der Waals surface area contributed by atoms with Gasteiger partial charge in [-0.3, -0.25) is 9.48 Å². The van der Waals surface area contributed by atoms with E-state index in [2.05, 4.69) is 10.1 Å². The summed E-state index contributed by atoms with van der Waals surface area (Å²) in [6, 6.07) is 1.91. The number of fused-ring (bicyclic) bond motifs is 1. The Kier molecular flexibility index (Phi) is 4.26. The molecule has 0 unspecified atom stereocenters. The zero-order valence-corrected chi connectivity index (χ0v) is 14.3. The van der Waals surface area contributed by atoms with Gasteiger partial charge in [0.25, 0.3) is 0 Å². The van der Waals surface area contributed by atoms with Crippen LogP contribution in [0.25, 0.3) is 16.3 Å². The Morgan fingerprint density at radius 1 is 1.33 bits per heavy atom. The molecule has 24 heavy (non-hydrogen) atoms. The van der Waals surface area contributed by atoms with E-state index in [-0.39, 0.29) is 11.8 Å². The topological polar surface area (TPSA) is 74.1 Å². The summed E-state index contributed by atoms with van der Waals surface area (Å²) < 4.78 is 6.37. The van der Waals surface area contributed by atoms with E-state index in [0.717, 1.165) is 21.3 Å². The van der Waals surface area contributed by atoms with E-state index < -0.39 is 0 Å². The number of ether oxygens (including phenoxy) is 1. The van der Waals surface area contributed by atoms with Crippen LogP contribution in [0.15, 0.2) is 30.7 Å². The van der Waals surface area contributed by atoms with Gasteiger partial charge in [-0.2, -0.15) is 5.10 Å². The van der Waals surface area contributed by atoms with Gasteiger partial charge in [0.05, 0.1) is 18.9 Å². The molecule has 0 amide bonds. The first kappa shape index (κ1) is 16.1. The molecule has 3 heterocycles. The predicted molar refractivity (Wildman–Crippen MR) is 92.3 cm³/mol. The fourth-order valence-corrected chi connectivity index (χ4v) is 3.36. The first-order valence-corrected chi connectivity index (χ1v) is 7.99. The number of pyridine rings is 1. The number of aromatic nitrogens is 3. The molecule has 0 aliphatic heterocycles. The molecule has 0 N–H and O–H groups in total. The standard InChI is InChI=1S/C17H15N3O3S/c1-10-13-6-11(4-5-14(21)12-8-19-20(2)9-12)7-18-16(13)24-15(10)17(22)23-3/h4-9H,1-3H3/b5-4-. The maximum Gasteiger partial charge on any atom is 0.348 e. The van der Waals surface area contributed by atoms with Crippen molar-refractivity contribution in [2.24, 2.45) is 7.05 Å². The number of hydrogen-bond donors (Lipinski definition) is 0. The molecular weight excluding hydrogens is 326 g/mol. The molecule has 3 rings (SSSR count).